The van der Waals surface area contributed by atoms with E-state index in [0.29, 0.717) is 12.0 Å². The summed E-state index contributed by atoms with van der Waals surface area (Å²) in [5.74, 6) is 1.60. The Morgan fingerprint density at radius 2 is 2.00 bits per heavy atom. The third-order valence-electron chi connectivity index (χ3n) is 2.02. The Morgan fingerprint density at radius 3 is 2.53 bits per heavy atom. The molecule has 1 aromatic heterocycles. The maximum Gasteiger partial charge on any atom is 0.140 e. The summed E-state index contributed by atoms with van der Waals surface area (Å²) in [5.41, 5.74) is 0. The zero-order valence-electron chi connectivity index (χ0n) is 9.22. The van der Waals surface area contributed by atoms with Crippen molar-refractivity contribution in [3.8, 4) is 0 Å². The summed E-state index contributed by atoms with van der Waals surface area (Å²) in [6, 6.07) is 2.44. The number of nitrogens with zero attached hydrogens (tertiary/aromatic N) is 1. The van der Waals surface area contributed by atoms with E-state index in [-0.39, 0.29) is 0 Å². The number of nitrogens with one attached hydrogen (secondary N) is 1. The molecule has 0 radical (unpaired) electrons. The average molecular weight is 336 g/mol. The van der Waals surface area contributed by atoms with E-state index in [0.717, 1.165) is 21.2 Å². The van der Waals surface area contributed by atoms with Crippen molar-refractivity contribution in [1.82, 2.24) is 4.98 Å². The van der Waals surface area contributed by atoms with E-state index in [4.69, 9.17) is 0 Å². The Balaban J connectivity index is 2.64. The highest BCUT2D eigenvalue weighted by Gasteiger charge is 2.08. The minimum absolute atomic E-state index is 0.440. The summed E-state index contributed by atoms with van der Waals surface area (Å²) in [6.45, 7) is 6.63. The third kappa shape index (κ3) is 4.51. The van der Waals surface area contributed by atoms with Gasteiger partial charge in [0.1, 0.15) is 5.82 Å². The number of pyridine rings is 1. The van der Waals surface area contributed by atoms with E-state index < -0.39 is 0 Å². The molecule has 0 spiro atoms. The molecular formula is C11H16Br2N2. The highest BCUT2D eigenvalue weighted by atomic mass is 79.9. The monoisotopic (exact) mass is 334 g/mol. The summed E-state index contributed by atoms with van der Waals surface area (Å²) >= 11 is 6.87. The van der Waals surface area contributed by atoms with Crippen molar-refractivity contribution < 1.29 is 0 Å². The van der Waals surface area contributed by atoms with Crippen LogP contribution < -0.4 is 5.32 Å². The largest absolute Gasteiger partial charge is 0.367 e. The van der Waals surface area contributed by atoms with Gasteiger partial charge < -0.3 is 5.32 Å². The second-order valence-electron chi connectivity index (χ2n) is 4.16. The molecule has 1 atom stereocenters. The second-order valence-corrected chi connectivity index (χ2v) is 5.93. The van der Waals surface area contributed by atoms with Crippen LogP contribution in [0, 0.1) is 5.92 Å². The van der Waals surface area contributed by atoms with Crippen molar-refractivity contribution in [1.29, 1.82) is 0 Å². The van der Waals surface area contributed by atoms with E-state index in [2.05, 4.69) is 62.9 Å². The van der Waals surface area contributed by atoms with Gasteiger partial charge in [-0.1, -0.05) is 13.8 Å². The molecule has 1 rings (SSSR count). The van der Waals surface area contributed by atoms with Gasteiger partial charge in [-0.15, -0.1) is 0 Å². The molecular weight excluding hydrogens is 320 g/mol. The van der Waals surface area contributed by atoms with Gasteiger partial charge in [0.05, 0.1) is 4.47 Å². The number of hydrogen-bond donors (Lipinski definition) is 1. The molecule has 1 aromatic rings. The second kappa shape index (κ2) is 5.85. The van der Waals surface area contributed by atoms with Gasteiger partial charge in [-0.05, 0) is 57.2 Å². The highest BCUT2D eigenvalue weighted by Crippen LogP contribution is 2.24. The van der Waals surface area contributed by atoms with Crippen LogP contribution in [0.1, 0.15) is 27.2 Å². The Bertz CT molecular complexity index is 326. The molecule has 0 saturated heterocycles. The van der Waals surface area contributed by atoms with Crippen LogP contribution in [-0.4, -0.2) is 11.0 Å². The fourth-order valence-corrected chi connectivity index (χ4v) is 2.62. The maximum absolute atomic E-state index is 4.32. The SMILES string of the molecule is CC(C)CC(C)Nc1ncc(Br)cc1Br. The molecule has 0 aliphatic carbocycles. The molecule has 0 saturated carbocycles. The molecule has 1 unspecified atom stereocenters. The number of halogens is 2. The summed E-state index contributed by atoms with van der Waals surface area (Å²) in [7, 11) is 0. The smallest absolute Gasteiger partial charge is 0.140 e. The van der Waals surface area contributed by atoms with Gasteiger partial charge in [0, 0.05) is 16.7 Å². The maximum atomic E-state index is 4.32. The fourth-order valence-electron chi connectivity index (χ4n) is 1.52. The number of hydrogen-bond acceptors (Lipinski definition) is 2. The van der Waals surface area contributed by atoms with Crippen LogP contribution in [-0.2, 0) is 0 Å². The lowest BCUT2D eigenvalue weighted by Gasteiger charge is -2.17. The van der Waals surface area contributed by atoms with Crippen molar-refractivity contribution in [2.75, 3.05) is 5.32 Å². The van der Waals surface area contributed by atoms with Crippen LogP contribution in [0.3, 0.4) is 0 Å². The zero-order chi connectivity index (χ0) is 11.4. The Kier molecular flexibility index (Phi) is 5.06. The van der Waals surface area contributed by atoms with Crippen molar-refractivity contribution in [2.24, 2.45) is 5.92 Å². The summed E-state index contributed by atoms with van der Waals surface area (Å²) in [4.78, 5) is 4.32. The van der Waals surface area contributed by atoms with Gasteiger partial charge in [0.15, 0.2) is 0 Å². The Hall–Kier alpha value is -0.0900. The number of rotatable bonds is 4. The van der Waals surface area contributed by atoms with E-state index in [9.17, 15) is 0 Å². The number of anilines is 1. The highest BCUT2D eigenvalue weighted by molar-refractivity contribution is 9.11. The first-order valence-corrected chi connectivity index (χ1v) is 6.65. The molecule has 4 heteroatoms. The van der Waals surface area contributed by atoms with Crippen molar-refractivity contribution in [2.45, 2.75) is 33.2 Å². The molecule has 0 aliphatic rings. The van der Waals surface area contributed by atoms with Gasteiger partial charge in [-0.25, -0.2) is 4.98 Å². The van der Waals surface area contributed by atoms with Crippen molar-refractivity contribution in [3.05, 3.63) is 21.2 Å². The molecule has 2 nitrogen and oxygen atoms in total. The predicted octanol–water partition coefficient (Wildman–Crippen LogP) is 4.45. The van der Waals surface area contributed by atoms with E-state index >= 15 is 0 Å². The minimum Gasteiger partial charge on any atom is -0.367 e. The lowest BCUT2D eigenvalue weighted by molar-refractivity contribution is 0.538. The molecule has 0 aromatic carbocycles. The summed E-state index contributed by atoms with van der Waals surface area (Å²) in [5, 5.41) is 3.39. The molecule has 15 heavy (non-hydrogen) atoms. The zero-order valence-corrected chi connectivity index (χ0v) is 12.4. The first-order valence-electron chi connectivity index (χ1n) is 5.06. The molecule has 0 aliphatic heterocycles. The topological polar surface area (TPSA) is 24.9 Å². The van der Waals surface area contributed by atoms with Crippen LogP contribution in [0.2, 0.25) is 0 Å². The van der Waals surface area contributed by atoms with Gasteiger partial charge in [-0.2, -0.15) is 0 Å². The lowest BCUT2D eigenvalue weighted by atomic mass is 10.1. The van der Waals surface area contributed by atoms with Gasteiger partial charge in [-0.3, -0.25) is 0 Å². The molecule has 0 amide bonds. The van der Waals surface area contributed by atoms with E-state index in [1.807, 2.05) is 6.07 Å². The van der Waals surface area contributed by atoms with Crippen LogP contribution >= 0.6 is 31.9 Å². The van der Waals surface area contributed by atoms with Crippen molar-refractivity contribution >= 4 is 37.7 Å². The fraction of sp³-hybridized carbons (Fsp3) is 0.545. The minimum atomic E-state index is 0.440. The van der Waals surface area contributed by atoms with Gasteiger partial charge in [0.25, 0.3) is 0 Å². The predicted molar refractivity (Wildman–Crippen MR) is 72.2 cm³/mol. The Labute approximate surface area is 108 Å². The van der Waals surface area contributed by atoms with E-state index in [1.54, 1.807) is 6.20 Å². The first-order chi connectivity index (χ1) is 6.99. The quantitative estimate of drug-likeness (QED) is 0.879. The number of aromatic nitrogens is 1. The first kappa shape index (κ1) is 13.0. The lowest BCUT2D eigenvalue weighted by Crippen LogP contribution is -2.18. The molecule has 84 valence electrons. The van der Waals surface area contributed by atoms with Crippen molar-refractivity contribution in [3.63, 3.8) is 0 Å². The third-order valence-corrected chi connectivity index (χ3v) is 3.05. The normalized spacial score (nSPS) is 12.9. The Morgan fingerprint density at radius 1 is 1.33 bits per heavy atom. The summed E-state index contributed by atoms with van der Waals surface area (Å²) < 4.78 is 1.98. The van der Waals surface area contributed by atoms with Crippen LogP contribution in [0.4, 0.5) is 5.82 Å². The molecule has 0 bridgehead atoms. The molecule has 1 N–H and O–H groups in total. The standard InChI is InChI=1S/C11H16Br2N2/c1-7(2)4-8(3)15-11-10(13)5-9(12)6-14-11/h5-8H,4H2,1-3H3,(H,14,15). The average Bonchev–Trinajstić information content (AvgIpc) is 2.08. The molecule has 0 fully saturated rings. The molecule has 1 heterocycles. The van der Waals surface area contributed by atoms with Crippen LogP contribution in [0.25, 0.3) is 0 Å². The van der Waals surface area contributed by atoms with Crippen LogP contribution in [0.15, 0.2) is 21.2 Å². The summed E-state index contributed by atoms with van der Waals surface area (Å²) in [6.07, 6.45) is 2.94. The van der Waals surface area contributed by atoms with E-state index in [1.165, 1.54) is 0 Å². The van der Waals surface area contributed by atoms with Gasteiger partial charge in [0.2, 0.25) is 0 Å². The van der Waals surface area contributed by atoms with Gasteiger partial charge >= 0.3 is 0 Å². The van der Waals surface area contributed by atoms with Crippen LogP contribution in [0.5, 0.6) is 0 Å².